The van der Waals surface area contributed by atoms with E-state index >= 15 is 0 Å². The van der Waals surface area contributed by atoms with Gasteiger partial charge in [0, 0.05) is 12.5 Å². The summed E-state index contributed by atoms with van der Waals surface area (Å²) in [6.45, 7) is 8.64. The van der Waals surface area contributed by atoms with Crippen LogP contribution in [-0.4, -0.2) is 16.9 Å². The molecule has 1 rings (SSSR count). The second kappa shape index (κ2) is 2.81. The van der Waals surface area contributed by atoms with E-state index in [4.69, 9.17) is 0 Å². The van der Waals surface area contributed by atoms with Crippen molar-refractivity contribution in [1.29, 1.82) is 0 Å². The first-order valence-electron chi connectivity index (χ1n) is 4.19. The minimum absolute atomic E-state index is 0.142. The molecule has 12 heavy (non-hydrogen) atoms. The van der Waals surface area contributed by atoms with E-state index in [1.807, 2.05) is 18.0 Å². The van der Waals surface area contributed by atoms with Gasteiger partial charge in [0.05, 0.1) is 11.9 Å². The maximum absolute atomic E-state index is 4.21. The van der Waals surface area contributed by atoms with Crippen molar-refractivity contribution in [2.75, 3.05) is 12.5 Å². The molecule has 0 aliphatic heterocycles. The fourth-order valence-corrected chi connectivity index (χ4v) is 1.51. The SMILES string of the molecule is CNn1ncc(C)c1C(C)(C)C. The van der Waals surface area contributed by atoms with E-state index in [9.17, 15) is 0 Å². The van der Waals surface area contributed by atoms with Crippen molar-refractivity contribution in [3.63, 3.8) is 0 Å². The Labute approximate surface area is 73.7 Å². The molecule has 0 bridgehead atoms. The summed E-state index contributed by atoms with van der Waals surface area (Å²) in [5, 5.41) is 4.21. The van der Waals surface area contributed by atoms with E-state index < -0.39 is 0 Å². The molecule has 0 saturated heterocycles. The number of aryl methyl sites for hydroxylation is 1. The molecule has 0 amide bonds. The van der Waals surface area contributed by atoms with Crippen molar-refractivity contribution in [3.05, 3.63) is 17.5 Å². The van der Waals surface area contributed by atoms with Crippen LogP contribution in [0.1, 0.15) is 32.0 Å². The number of rotatable bonds is 1. The summed E-state index contributed by atoms with van der Waals surface area (Å²) in [6, 6.07) is 0. The quantitative estimate of drug-likeness (QED) is 0.689. The first-order valence-corrected chi connectivity index (χ1v) is 4.19. The molecular weight excluding hydrogens is 150 g/mol. The molecule has 3 heteroatoms. The van der Waals surface area contributed by atoms with Crippen LogP contribution in [-0.2, 0) is 5.41 Å². The molecular formula is C9H17N3. The lowest BCUT2D eigenvalue weighted by atomic mass is 9.90. The van der Waals surface area contributed by atoms with Crippen LogP contribution >= 0.6 is 0 Å². The summed E-state index contributed by atoms with van der Waals surface area (Å²) in [5.41, 5.74) is 5.64. The predicted octanol–water partition coefficient (Wildman–Crippen LogP) is 1.66. The Kier molecular flexibility index (Phi) is 2.13. The molecule has 0 spiro atoms. The van der Waals surface area contributed by atoms with Crippen molar-refractivity contribution >= 4 is 0 Å². The normalized spacial score (nSPS) is 11.8. The third-order valence-electron chi connectivity index (χ3n) is 1.87. The fraction of sp³-hybridized carbons (Fsp3) is 0.667. The van der Waals surface area contributed by atoms with Gasteiger partial charge in [-0.3, -0.25) is 0 Å². The van der Waals surface area contributed by atoms with Gasteiger partial charge in [-0.1, -0.05) is 20.8 Å². The molecule has 0 atom stereocenters. The molecule has 0 fully saturated rings. The topological polar surface area (TPSA) is 29.9 Å². The number of aromatic nitrogens is 2. The highest BCUT2D eigenvalue weighted by molar-refractivity contribution is 5.23. The Morgan fingerprint density at radius 1 is 1.42 bits per heavy atom. The van der Waals surface area contributed by atoms with Gasteiger partial charge >= 0.3 is 0 Å². The summed E-state index contributed by atoms with van der Waals surface area (Å²) in [6.07, 6.45) is 1.89. The molecule has 1 aromatic rings. The van der Waals surface area contributed by atoms with Crippen LogP contribution in [0.2, 0.25) is 0 Å². The molecule has 0 saturated carbocycles. The van der Waals surface area contributed by atoms with Crippen LogP contribution in [0, 0.1) is 6.92 Å². The molecule has 1 N–H and O–H groups in total. The highest BCUT2D eigenvalue weighted by Gasteiger charge is 2.21. The van der Waals surface area contributed by atoms with Crippen molar-refractivity contribution in [2.24, 2.45) is 0 Å². The van der Waals surface area contributed by atoms with Crippen molar-refractivity contribution < 1.29 is 0 Å². The lowest BCUT2D eigenvalue weighted by molar-refractivity contribution is 0.525. The summed E-state index contributed by atoms with van der Waals surface area (Å²) in [7, 11) is 1.88. The van der Waals surface area contributed by atoms with E-state index in [1.54, 1.807) is 0 Å². The van der Waals surface area contributed by atoms with Crippen LogP contribution in [0.5, 0.6) is 0 Å². The van der Waals surface area contributed by atoms with Gasteiger partial charge in [0.25, 0.3) is 0 Å². The molecule has 0 aliphatic rings. The van der Waals surface area contributed by atoms with Crippen LogP contribution < -0.4 is 5.43 Å². The Morgan fingerprint density at radius 2 is 2.00 bits per heavy atom. The molecule has 0 radical (unpaired) electrons. The second-order valence-corrected chi connectivity index (χ2v) is 4.06. The van der Waals surface area contributed by atoms with Gasteiger partial charge in [0.15, 0.2) is 0 Å². The number of nitrogens with one attached hydrogen (secondary N) is 1. The highest BCUT2D eigenvalue weighted by Crippen LogP contribution is 2.24. The zero-order valence-electron chi connectivity index (χ0n) is 8.47. The zero-order valence-corrected chi connectivity index (χ0v) is 8.47. The van der Waals surface area contributed by atoms with Gasteiger partial charge in [-0.2, -0.15) is 9.89 Å². The van der Waals surface area contributed by atoms with Gasteiger partial charge in [-0.05, 0) is 12.5 Å². The average Bonchev–Trinajstić information content (AvgIpc) is 2.29. The van der Waals surface area contributed by atoms with Gasteiger partial charge in [-0.15, -0.1) is 0 Å². The molecule has 0 aromatic carbocycles. The number of hydrogen-bond acceptors (Lipinski definition) is 2. The summed E-state index contributed by atoms with van der Waals surface area (Å²) < 4.78 is 0. The van der Waals surface area contributed by atoms with Crippen LogP contribution in [0.4, 0.5) is 0 Å². The molecule has 68 valence electrons. The summed E-state index contributed by atoms with van der Waals surface area (Å²) >= 11 is 0. The van der Waals surface area contributed by atoms with Gasteiger partial charge in [0.2, 0.25) is 0 Å². The van der Waals surface area contributed by atoms with Crippen molar-refractivity contribution in [3.8, 4) is 0 Å². The van der Waals surface area contributed by atoms with E-state index in [0.29, 0.717) is 0 Å². The largest absolute Gasteiger partial charge is 0.313 e. The van der Waals surface area contributed by atoms with E-state index in [-0.39, 0.29) is 5.41 Å². The zero-order chi connectivity index (χ0) is 9.35. The van der Waals surface area contributed by atoms with Crippen LogP contribution in [0.25, 0.3) is 0 Å². The maximum atomic E-state index is 4.21. The molecule has 0 unspecified atom stereocenters. The number of nitrogens with zero attached hydrogens (tertiary/aromatic N) is 2. The summed E-state index contributed by atoms with van der Waals surface area (Å²) in [5.74, 6) is 0. The van der Waals surface area contributed by atoms with Gasteiger partial charge < -0.3 is 5.43 Å². The van der Waals surface area contributed by atoms with Crippen LogP contribution in [0.15, 0.2) is 6.20 Å². The smallest absolute Gasteiger partial charge is 0.0702 e. The number of hydrogen-bond donors (Lipinski definition) is 1. The van der Waals surface area contributed by atoms with E-state index in [1.165, 1.54) is 11.3 Å². The lowest BCUT2D eigenvalue weighted by Crippen LogP contribution is -2.24. The minimum atomic E-state index is 0.142. The Balaban J connectivity index is 3.19. The van der Waals surface area contributed by atoms with Crippen molar-refractivity contribution in [2.45, 2.75) is 33.1 Å². The van der Waals surface area contributed by atoms with Gasteiger partial charge in [-0.25, -0.2) is 0 Å². The van der Waals surface area contributed by atoms with E-state index in [2.05, 4.69) is 38.2 Å². The lowest BCUT2D eigenvalue weighted by Gasteiger charge is -2.21. The van der Waals surface area contributed by atoms with Crippen LogP contribution in [0.3, 0.4) is 0 Å². The molecule has 3 nitrogen and oxygen atoms in total. The minimum Gasteiger partial charge on any atom is -0.313 e. The van der Waals surface area contributed by atoms with E-state index in [0.717, 1.165) is 0 Å². The fourth-order valence-electron chi connectivity index (χ4n) is 1.51. The van der Waals surface area contributed by atoms with Crippen molar-refractivity contribution in [1.82, 2.24) is 9.89 Å². The third kappa shape index (κ3) is 1.44. The average molecular weight is 167 g/mol. The highest BCUT2D eigenvalue weighted by atomic mass is 15.5. The molecule has 1 heterocycles. The third-order valence-corrected chi connectivity index (χ3v) is 1.87. The standard InChI is InChI=1S/C9H17N3/c1-7-6-11-12(10-5)8(7)9(2,3)4/h6,10H,1-5H3. The second-order valence-electron chi connectivity index (χ2n) is 4.06. The monoisotopic (exact) mass is 167 g/mol. The molecule has 0 aliphatic carbocycles. The molecule has 1 aromatic heterocycles. The Bertz CT molecular complexity index is 268. The first-order chi connectivity index (χ1) is 5.46. The maximum Gasteiger partial charge on any atom is 0.0702 e. The predicted molar refractivity (Wildman–Crippen MR) is 50.9 cm³/mol. The Morgan fingerprint density at radius 3 is 2.33 bits per heavy atom. The Hall–Kier alpha value is -0.990. The van der Waals surface area contributed by atoms with Gasteiger partial charge in [0.1, 0.15) is 0 Å². The first kappa shape index (κ1) is 9.10. The summed E-state index contributed by atoms with van der Waals surface area (Å²) in [4.78, 5) is 1.83.